The maximum absolute atomic E-state index is 11.4. The molecule has 1 N–H and O–H groups in total. The van der Waals surface area contributed by atoms with Gasteiger partial charge in [-0.05, 0) is 25.7 Å². The maximum Gasteiger partial charge on any atom is 0.372 e. The van der Waals surface area contributed by atoms with Gasteiger partial charge < -0.3 is 14.8 Å². The first-order valence-corrected chi connectivity index (χ1v) is 7.57. The van der Waals surface area contributed by atoms with E-state index in [2.05, 4.69) is 15.3 Å². The summed E-state index contributed by atoms with van der Waals surface area (Å²) in [5, 5.41) is 14.4. The number of nitrogens with one attached hydrogen (secondary N) is 1. The highest BCUT2D eigenvalue weighted by molar-refractivity contribution is 5.61. The number of aromatic nitrogens is 2. The van der Waals surface area contributed by atoms with E-state index < -0.39 is 4.92 Å². The highest BCUT2D eigenvalue weighted by atomic mass is 16.6. The van der Waals surface area contributed by atoms with Gasteiger partial charge in [0.1, 0.15) is 6.10 Å². The second-order valence-electron chi connectivity index (χ2n) is 5.55. The molecule has 1 aliphatic rings. The number of ether oxygens (including phenoxy) is 2. The first-order chi connectivity index (χ1) is 10.5. The molecule has 1 fully saturated rings. The molecule has 0 saturated carbocycles. The van der Waals surface area contributed by atoms with E-state index in [0.717, 1.165) is 12.8 Å². The molecule has 1 atom stereocenters. The predicted molar refractivity (Wildman–Crippen MR) is 81.1 cm³/mol. The Kier molecular flexibility index (Phi) is 5.48. The monoisotopic (exact) mass is 310 g/mol. The van der Waals surface area contributed by atoms with Gasteiger partial charge in [-0.2, -0.15) is 4.98 Å². The lowest BCUT2D eigenvalue weighted by Gasteiger charge is -2.14. The van der Waals surface area contributed by atoms with E-state index in [-0.39, 0.29) is 23.5 Å². The summed E-state index contributed by atoms with van der Waals surface area (Å²) in [6, 6.07) is 0. The third-order valence-corrected chi connectivity index (χ3v) is 3.23. The number of hydrogen-bond acceptors (Lipinski definition) is 7. The van der Waals surface area contributed by atoms with Gasteiger partial charge in [-0.15, -0.1) is 0 Å². The fraction of sp³-hybridized carbons (Fsp3) is 0.714. The third kappa shape index (κ3) is 3.82. The molecule has 1 saturated heterocycles. The molecule has 122 valence electrons. The lowest BCUT2D eigenvalue weighted by molar-refractivity contribution is -0.385. The van der Waals surface area contributed by atoms with Crippen LogP contribution < -0.4 is 10.1 Å². The molecule has 8 heteroatoms. The molecule has 1 unspecified atom stereocenters. The Morgan fingerprint density at radius 3 is 2.82 bits per heavy atom. The molecule has 0 amide bonds. The quantitative estimate of drug-likeness (QED) is 0.610. The average Bonchev–Trinajstić information content (AvgIpc) is 2.98. The number of anilines is 1. The molecule has 0 spiro atoms. The van der Waals surface area contributed by atoms with Crippen molar-refractivity contribution < 1.29 is 14.4 Å². The second-order valence-corrected chi connectivity index (χ2v) is 5.55. The number of hydrogen-bond donors (Lipinski definition) is 1. The molecule has 1 aliphatic heterocycles. The van der Waals surface area contributed by atoms with E-state index >= 15 is 0 Å². The van der Waals surface area contributed by atoms with Gasteiger partial charge in [0.25, 0.3) is 5.88 Å². The first kappa shape index (κ1) is 16.4. The minimum Gasteiger partial charge on any atom is -0.473 e. The fourth-order valence-corrected chi connectivity index (χ4v) is 2.20. The summed E-state index contributed by atoms with van der Waals surface area (Å²) in [6.07, 6.45) is 1.52. The zero-order valence-corrected chi connectivity index (χ0v) is 13.2. The zero-order chi connectivity index (χ0) is 16.1. The fourth-order valence-electron chi connectivity index (χ4n) is 2.20. The van der Waals surface area contributed by atoms with Crippen molar-refractivity contribution in [2.45, 2.75) is 39.7 Å². The Bertz CT molecular complexity index is 530. The molecule has 1 aromatic heterocycles. The van der Waals surface area contributed by atoms with Gasteiger partial charge in [-0.25, -0.2) is 4.98 Å². The van der Waals surface area contributed by atoms with Crippen LogP contribution in [-0.2, 0) is 4.74 Å². The third-order valence-electron chi connectivity index (χ3n) is 3.23. The molecule has 22 heavy (non-hydrogen) atoms. The minimum absolute atomic E-state index is 0.000689. The van der Waals surface area contributed by atoms with Crippen molar-refractivity contribution in [1.82, 2.24) is 9.97 Å². The molecule has 8 nitrogen and oxygen atoms in total. The summed E-state index contributed by atoms with van der Waals surface area (Å²) in [6.45, 7) is 7.33. The van der Waals surface area contributed by atoms with Gasteiger partial charge in [0.2, 0.25) is 5.82 Å². The van der Waals surface area contributed by atoms with Crippen molar-refractivity contribution in [3.05, 3.63) is 15.9 Å². The van der Waals surface area contributed by atoms with Crippen LogP contribution in [0.15, 0.2) is 0 Å². The summed E-state index contributed by atoms with van der Waals surface area (Å²) in [4.78, 5) is 19.4. The average molecular weight is 310 g/mol. The van der Waals surface area contributed by atoms with Gasteiger partial charge in [-0.1, -0.05) is 13.8 Å². The van der Waals surface area contributed by atoms with E-state index in [1.54, 1.807) is 6.92 Å². The van der Waals surface area contributed by atoms with Gasteiger partial charge in [0.05, 0.1) is 11.5 Å². The Morgan fingerprint density at radius 1 is 1.50 bits per heavy atom. The molecular formula is C14H22N4O4. The van der Waals surface area contributed by atoms with Gasteiger partial charge in [0, 0.05) is 13.2 Å². The summed E-state index contributed by atoms with van der Waals surface area (Å²) in [5.41, 5.74) is -0.218. The smallest absolute Gasteiger partial charge is 0.372 e. The summed E-state index contributed by atoms with van der Waals surface area (Å²) in [5.74, 6) is 0.969. The van der Waals surface area contributed by atoms with Gasteiger partial charge >= 0.3 is 5.69 Å². The SMILES string of the molecule is CCOc1nc(C2CCCO2)nc(NCC(C)C)c1[N+](=O)[O-]. The largest absolute Gasteiger partial charge is 0.473 e. The highest BCUT2D eigenvalue weighted by Gasteiger charge is 2.30. The molecule has 1 aromatic rings. The highest BCUT2D eigenvalue weighted by Crippen LogP contribution is 2.35. The lowest BCUT2D eigenvalue weighted by atomic mass is 10.2. The molecule has 2 heterocycles. The second kappa shape index (κ2) is 7.35. The van der Waals surface area contributed by atoms with Gasteiger partial charge in [0.15, 0.2) is 5.82 Å². The van der Waals surface area contributed by atoms with Crippen LogP contribution in [0.5, 0.6) is 5.88 Å². The Hall–Kier alpha value is -1.96. The first-order valence-electron chi connectivity index (χ1n) is 7.57. The predicted octanol–water partition coefficient (Wildman–Crippen LogP) is 2.70. The van der Waals surface area contributed by atoms with Crippen LogP contribution in [0.2, 0.25) is 0 Å². The summed E-state index contributed by atoms with van der Waals surface area (Å²) in [7, 11) is 0. The normalized spacial score (nSPS) is 17.7. The molecule has 2 rings (SSSR count). The summed E-state index contributed by atoms with van der Waals surface area (Å²) >= 11 is 0. The molecular weight excluding hydrogens is 288 g/mol. The van der Waals surface area contributed by atoms with Crippen LogP contribution in [0.1, 0.15) is 45.5 Å². The van der Waals surface area contributed by atoms with E-state index in [9.17, 15) is 10.1 Å². The standard InChI is InChI=1S/C14H22N4O4/c1-4-21-14-11(18(19)20)13(15-8-9(2)3)16-12(17-14)10-6-5-7-22-10/h9-10H,4-8H2,1-3H3,(H,15,16,17). The number of rotatable bonds is 7. The Balaban J connectivity index is 2.42. The molecule has 0 radical (unpaired) electrons. The topological polar surface area (TPSA) is 99.4 Å². The van der Waals surface area contributed by atoms with Crippen molar-refractivity contribution in [1.29, 1.82) is 0 Å². The molecule has 0 aromatic carbocycles. The number of nitrogens with zero attached hydrogens (tertiary/aromatic N) is 3. The van der Waals surface area contributed by atoms with Crippen molar-refractivity contribution in [3.8, 4) is 5.88 Å². The molecule has 0 aliphatic carbocycles. The van der Waals surface area contributed by atoms with Crippen LogP contribution >= 0.6 is 0 Å². The zero-order valence-electron chi connectivity index (χ0n) is 13.2. The Morgan fingerprint density at radius 2 is 2.27 bits per heavy atom. The van der Waals surface area contributed by atoms with E-state index in [4.69, 9.17) is 9.47 Å². The van der Waals surface area contributed by atoms with E-state index in [0.29, 0.717) is 31.5 Å². The molecule has 0 bridgehead atoms. The Labute approximate surface area is 129 Å². The van der Waals surface area contributed by atoms with Crippen LogP contribution in [0.4, 0.5) is 11.5 Å². The maximum atomic E-state index is 11.4. The summed E-state index contributed by atoms with van der Waals surface area (Å²) < 4.78 is 10.9. The van der Waals surface area contributed by atoms with Crippen molar-refractivity contribution >= 4 is 11.5 Å². The lowest BCUT2D eigenvalue weighted by Crippen LogP contribution is -2.15. The van der Waals surface area contributed by atoms with E-state index in [1.165, 1.54) is 0 Å². The minimum atomic E-state index is -0.507. The van der Waals surface area contributed by atoms with Crippen LogP contribution in [0.25, 0.3) is 0 Å². The van der Waals surface area contributed by atoms with Crippen molar-refractivity contribution in [2.24, 2.45) is 5.92 Å². The van der Waals surface area contributed by atoms with E-state index in [1.807, 2.05) is 13.8 Å². The van der Waals surface area contributed by atoms with Crippen molar-refractivity contribution in [2.75, 3.05) is 25.1 Å². The van der Waals surface area contributed by atoms with Gasteiger partial charge in [-0.3, -0.25) is 10.1 Å². The number of nitro groups is 1. The van der Waals surface area contributed by atoms with Crippen LogP contribution in [0, 0.1) is 16.0 Å². The van der Waals surface area contributed by atoms with Crippen LogP contribution in [-0.4, -0.2) is 34.6 Å². The van der Waals surface area contributed by atoms with Crippen molar-refractivity contribution in [3.63, 3.8) is 0 Å². The van der Waals surface area contributed by atoms with Crippen LogP contribution in [0.3, 0.4) is 0 Å².